The molecule has 9 atom stereocenters. The van der Waals surface area contributed by atoms with Crippen LogP contribution in [0.2, 0.25) is 0 Å². The fourth-order valence-electron chi connectivity index (χ4n) is 7.84. The van der Waals surface area contributed by atoms with E-state index in [1.165, 1.54) is 4.90 Å². The van der Waals surface area contributed by atoms with Gasteiger partial charge in [-0.15, -0.1) is 0 Å². The largest absolute Gasteiger partial charge is 0.370 e. The molecule has 26 heteroatoms. The van der Waals surface area contributed by atoms with Crippen molar-refractivity contribution in [1.82, 2.24) is 42.1 Å². The van der Waals surface area contributed by atoms with E-state index in [9.17, 15) is 52.7 Å². The van der Waals surface area contributed by atoms with Gasteiger partial charge in [-0.2, -0.15) is 0 Å². The minimum atomic E-state index is -1.77. The summed E-state index contributed by atoms with van der Waals surface area (Å²) in [6.45, 7) is 2.98. The zero-order valence-electron chi connectivity index (χ0n) is 37.4. The summed E-state index contributed by atoms with van der Waals surface area (Å²) in [5.74, 6) is -10.2. The number of carbonyl (C=O) groups excluding carboxylic acids is 11. The van der Waals surface area contributed by atoms with Crippen molar-refractivity contribution in [2.24, 2.45) is 40.5 Å². The minimum absolute atomic E-state index is 0.0204. The van der Waals surface area contributed by atoms with Crippen LogP contribution in [0.1, 0.15) is 90.9 Å². The molecule has 2 aliphatic heterocycles. The van der Waals surface area contributed by atoms with E-state index in [1.54, 1.807) is 13.8 Å². The number of hydrogen-bond acceptors (Lipinski definition) is 15. The molecule has 2 heterocycles. The summed E-state index contributed by atoms with van der Waals surface area (Å²) in [5, 5.41) is 17.7. The van der Waals surface area contributed by atoms with Crippen molar-refractivity contribution in [3.8, 4) is 0 Å². The minimum Gasteiger partial charge on any atom is -0.370 e. The molecule has 2 saturated heterocycles. The van der Waals surface area contributed by atoms with E-state index >= 15 is 0 Å². The molecule has 11 amide bonds. The second-order valence-corrected chi connectivity index (χ2v) is 19.4. The SMILES string of the molecule is CC[C@H](C)[C@@H]1NC(=O)[C@H](CC2CCCCC2)NC(=O)[C@@H](N)CSSC[C@@H](C(=O)N2CCC[C@H]2C(=O)N[C@@H](CCN)C(=O)NCC(N)=O)NC(=O)[C@H](CC(N)=O)NC(=O)[C@H](CC(N)=O)NC1=O. The van der Waals surface area contributed by atoms with E-state index in [2.05, 4.69) is 37.2 Å². The smallest absolute Gasteiger partial charge is 0.246 e. The second-order valence-electron chi connectivity index (χ2n) is 16.9. The fraction of sp³-hybridized carbons (Fsp3) is 0.725. The number of likely N-dealkylation sites (tertiary alicyclic amines) is 1. The predicted octanol–water partition coefficient (Wildman–Crippen LogP) is -4.67. The third-order valence-corrected chi connectivity index (χ3v) is 14.1. The standard InChI is InChI=1S/C40H67N13O11S2/c1-3-20(2)32-39(63)50-26(16-30(44)55)35(59)49-25(15-29(43)54)36(60)51-27(19-66-65-18-22(42)33(57)48-24(37(61)52-32)14-21-8-5-4-6-9-21)40(64)53-13-7-10-28(53)38(62)47-23(11-12-41)34(58)46-17-31(45)56/h20-28,32H,3-19,41-42H2,1-2H3,(H2,43,54)(H2,44,55)(H2,45,56)(H,46,58)(H,47,62)(H,48,57)(H,49,59)(H,50,63)(H,51,60)(H,52,61)/t20-,22-,23-,24-,25-,26-,27-,28-,32-/m0/s1. The number of amides is 11. The molecule has 370 valence electrons. The van der Waals surface area contributed by atoms with Gasteiger partial charge in [-0.1, -0.05) is 74.0 Å². The Morgan fingerprint density at radius 2 is 1.30 bits per heavy atom. The number of primary amides is 3. The highest BCUT2D eigenvalue weighted by Crippen LogP contribution is 2.29. The number of nitrogens with two attached hydrogens (primary N) is 5. The molecule has 1 saturated carbocycles. The van der Waals surface area contributed by atoms with E-state index in [-0.39, 0.29) is 49.8 Å². The Morgan fingerprint density at radius 3 is 1.89 bits per heavy atom. The molecule has 1 aliphatic carbocycles. The summed E-state index contributed by atoms with van der Waals surface area (Å²) in [6.07, 6.45) is 4.16. The van der Waals surface area contributed by atoms with Crippen molar-refractivity contribution in [2.45, 2.75) is 139 Å². The van der Waals surface area contributed by atoms with Crippen LogP contribution in [0.5, 0.6) is 0 Å². The van der Waals surface area contributed by atoms with Crippen LogP contribution in [0.25, 0.3) is 0 Å². The van der Waals surface area contributed by atoms with Gasteiger partial charge in [0.2, 0.25) is 65.0 Å². The average Bonchev–Trinajstić information content (AvgIpc) is 3.77. The number of hydrogen-bond donors (Lipinski definition) is 12. The zero-order chi connectivity index (χ0) is 49.1. The van der Waals surface area contributed by atoms with Crippen LogP contribution in [-0.4, -0.2) is 149 Å². The summed E-state index contributed by atoms with van der Waals surface area (Å²) in [4.78, 5) is 147. The zero-order valence-corrected chi connectivity index (χ0v) is 39.1. The lowest BCUT2D eigenvalue weighted by Crippen LogP contribution is -2.62. The van der Waals surface area contributed by atoms with E-state index < -0.39 is 139 Å². The molecule has 17 N–H and O–H groups in total. The molecule has 0 aromatic rings. The van der Waals surface area contributed by atoms with Gasteiger partial charge in [0.1, 0.15) is 42.3 Å². The van der Waals surface area contributed by atoms with Gasteiger partial charge in [-0.3, -0.25) is 52.7 Å². The monoisotopic (exact) mass is 969 g/mol. The van der Waals surface area contributed by atoms with Gasteiger partial charge in [0.05, 0.1) is 25.4 Å². The van der Waals surface area contributed by atoms with Crippen molar-refractivity contribution in [2.75, 3.05) is 31.1 Å². The molecule has 0 unspecified atom stereocenters. The van der Waals surface area contributed by atoms with Crippen LogP contribution in [0, 0.1) is 11.8 Å². The molecule has 66 heavy (non-hydrogen) atoms. The summed E-state index contributed by atoms with van der Waals surface area (Å²) in [6, 6.07) is -10.8. The highest BCUT2D eigenvalue weighted by Gasteiger charge is 2.41. The Balaban J connectivity index is 2.01. The van der Waals surface area contributed by atoms with Gasteiger partial charge in [-0.25, -0.2) is 0 Å². The Hall–Kier alpha value is -5.21. The maximum Gasteiger partial charge on any atom is 0.246 e. The Morgan fingerprint density at radius 1 is 0.727 bits per heavy atom. The van der Waals surface area contributed by atoms with Gasteiger partial charge < -0.3 is 70.8 Å². The first kappa shape index (κ1) is 55.1. The van der Waals surface area contributed by atoms with E-state index in [0.717, 1.165) is 53.7 Å². The van der Waals surface area contributed by atoms with Gasteiger partial charge in [0.15, 0.2) is 0 Å². The van der Waals surface area contributed by atoms with Crippen LogP contribution in [0.3, 0.4) is 0 Å². The quantitative estimate of drug-likeness (QED) is 0.0647. The maximum atomic E-state index is 14.4. The molecule has 3 rings (SSSR count). The van der Waals surface area contributed by atoms with Crippen LogP contribution in [-0.2, 0) is 52.7 Å². The van der Waals surface area contributed by atoms with Crippen LogP contribution in [0.4, 0.5) is 0 Å². The highest BCUT2D eigenvalue weighted by molar-refractivity contribution is 8.76. The van der Waals surface area contributed by atoms with Crippen molar-refractivity contribution in [3.05, 3.63) is 0 Å². The first-order chi connectivity index (χ1) is 31.2. The number of nitrogens with one attached hydrogen (secondary N) is 7. The molecular formula is C40H67N13O11S2. The molecule has 24 nitrogen and oxygen atoms in total. The third kappa shape index (κ3) is 17.5. The van der Waals surface area contributed by atoms with Gasteiger partial charge >= 0.3 is 0 Å². The van der Waals surface area contributed by atoms with Gasteiger partial charge in [0.25, 0.3) is 0 Å². The molecule has 0 aromatic heterocycles. The van der Waals surface area contributed by atoms with Crippen LogP contribution in [0.15, 0.2) is 0 Å². The van der Waals surface area contributed by atoms with E-state index in [4.69, 9.17) is 28.7 Å². The number of rotatable bonds is 16. The summed E-state index contributed by atoms with van der Waals surface area (Å²) < 4.78 is 0. The molecule has 0 spiro atoms. The summed E-state index contributed by atoms with van der Waals surface area (Å²) in [7, 11) is 2.11. The molecule has 0 radical (unpaired) electrons. The predicted molar refractivity (Wildman–Crippen MR) is 243 cm³/mol. The normalized spacial score (nSPS) is 26.5. The van der Waals surface area contributed by atoms with Crippen molar-refractivity contribution < 1.29 is 52.7 Å². The average molecular weight is 970 g/mol. The first-order valence-corrected chi connectivity index (χ1v) is 24.7. The van der Waals surface area contributed by atoms with Crippen molar-refractivity contribution >= 4 is 86.6 Å². The molecule has 3 fully saturated rings. The summed E-state index contributed by atoms with van der Waals surface area (Å²) >= 11 is 0. The fourth-order valence-corrected chi connectivity index (χ4v) is 10.1. The summed E-state index contributed by atoms with van der Waals surface area (Å²) in [5.41, 5.74) is 28.1. The lowest BCUT2D eigenvalue weighted by atomic mass is 9.84. The Kier molecular flexibility index (Phi) is 22.9. The topological polar surface area (TPSA) is 405 Å². The Bertz CT molecular complexity index is 1790. The number of nitrogens with zero attached hydrogens (tertiary/aromatic N) is 1. The van der Waals surface area contributed by atoms with Gasteiger partial charge in [-0.05, 0) is 44.1 Å². The van der Waals surface area contributed by atoms with E-state index in [1.807, 2.05) is 0 Å². The highest BCUT2D eigenvalue weighted by atomic mass is 33.1. The molecular weight excluding hydrogens is 903 g/mol. The van der Waals surface area contributed by atoms with Crippen LogP contribution < -0.4 is 65.9 Å². The first-order valence-electron chi connectivity index (χ1n) is 22.2. The van der Waals surface area contributed by atoms with Crippen LogP contribution >= 0.6 is 21.6 Å². The van der Waals surface area contributed by atoms with Gasteiger partial charge in [0, 0.05) is 18.1 Å². The molecule has 3 aliphatic rings. The lowest BCUT2D eigenvalue weighted by Gasteiger charge is -2.31. The number of carbonyl (C=O) groups is 11. The van der Waals surface area contributed by atoms with E-state index in [0.29, 0.717) is 12.8 Å². The lowest BCUT2D eigenvalue weighted by molar-refractivity contribution is -0.142. The second kappa shape index (κ2) is 27.4. The Labute approximate surface area is 391 Å². The third-order valence-electron chi connectivity index (χ3n) is 11.7. The van der Waals surface area contributed by atoms with Crippen molar-refractivity contribution in [3.63, 3.8) is 0 Å². The maximum absolute atomic E-state index is 14.4. The molecule has 0 bridgehead atoms. The van der Waals surface area contributed by atoms with Crippen molar-refractivity contribution in [1.29, 1.82) is 0 Å². The molecule has 0 aromatic carbocycles.